The predicted molar refractivity (Wildman–Crippen MR) is 125 cm³/mol. The van der Waals surface area contributed by atoms with E-state index in [0.717, 1.165) is 21.8 Å². The predicted octanol–water partition coefficient (Wildman–Crippen LogP) is 4.64. The van der Waals surface area contributed by atoms with Crippen LogP contribution in [0.2, 0.25) is 10.0 Å². The summed E-state index contributed by atoms with van der Waals surface area (Å²) in [5, 5.41) is 3.35. The van der Waals surface area contributed by atoms with E-state index in [1.165, 1.54) is 12.1 Å². The Hall–Kier alpha value is -2.83. The molecule has 0 spiro atoms. The van der Waals surface area contributed by atoms with Crippen LogP contribution in [0.1, 0.15) is 31.9 Å². The highest BCUT2D eigenvalue weighted by Crippen LogP contribution is 2.46. The third kappa shape index (κ3) is 3.38. The fourth-order valence-electron chi connectivity index (χ4n) is 4.53. The lowest BCUT2D eigenvalue weighted by Gasteiger charge is -2.24. The smallest absolute Gasteiger partial charge is 0.325 e. The van der Waals surface area contributed by atoms with Gasteiger partial charge in [-0.2, -0.15) is 0 Å². The van der Waals surface area contributed by atoms with Gasteiger partial charge in [0.15, 0.2) is 5.78 Å². The number of allylic oxidation sites excluding steroid dienone is 1. The van der Waals surface area contributed by atoms with Gasteiger partial charge in [-0.3, -0.25) is 14.5 Å². The third-order valence-electron chi connectivity index (χ3n) is 6.30. The molecule has 166 valence electrons. The molecule has 0 aliphatic carbocycles. The molecule has 1 unspecified atom stereocenters. The first-order valence-electron chi connectivity index (χ1n) is 10.1. The van der Waals surface area contributed by atoms with Gasteiger partial charge in [-0.15, -0.1) is 0 Å². The van der Waals surface area contributed by atoms with Gasteiger partial charge >= 0.3 is 6.03 Å². The highest BCUT2D eigenvalue weighted by molar-refractivity contribution is 6.35. The Bertz CT molecular complexity index is 1190. The van der Waals surface area contributed by atoms with Gasteiger partial charge in [0, 0.05) is 45.5 Å². The number of fused-ring (bicyclic) bond motifs is 1. The van der Waals surface area contributed by atoms with Gasteiger partial charge in [0.2, 0.25) is 0 Å². The highest BCUT2D eigenvalue weighted by Gasteiger charge is 2.50. The summed E-state index contributed by atoms with van der Waals surface area (Å²) in [5.74, 6) is -0.886. The average Bonchev–Trinajstić information content (AvgIpc) is 3.05. The van der Waals surface area contributed by atoms with Crippen molar-refractivity contribution in [1.82, 2.24) is 10.2 Å². The number of hydrogen-bond donors (Lipinski definition) is 1. The van der Waals surface area contributed by atoms with E-state index in [-0.39, 0.29) is 22.8 Å². The van der Waals surface area contributed by atoms with E-state index in [1.54, 1.807) is 19.1 Å². The van der Waals surface area contributed by atoms with Crippen molar-refractivity contribution in [2.45, 2.75) is 31.7 Å². The van der Waals surface area contributed by atoms with Crippen LogP contribution < -0.4 is 10.2 Å². The summed E-state index contributed by atoms with van der Waals surface area (Å²) in [6.07, 6.45) is 1.52. The van der Waals surface area contributed by atoms with Crippen LogP contribution in [0, 0.1) is 0 Å². The van der Waals surface area contributed by atoms with Crippen molar-refractivity contribution in [2.75, 3.05) is 18.5 Å². The minimum atomic E-state index is -1.38. The number of anilines is 1. The number of nitrogens with zero attached hydrogens (tertiary/aromatic N) is 2. The van der Waals surface area contributed by atoms with E-state index in [1.807, 2.05) is 50.1 Å². The topological polar surface area (TPSA) is 69.7 Å². The number of rotatable bonds is 4. The molecule has 0 saturated carbocycles. The molecule has 1 atom stereocenters. The second-order valence-electron chi connectivity index (χ2n) is 8.77. The molecule has 4 rings (SSSR count). The fourth-order valence-corrected chi connectivity index (χ4v) is 5.13. The van der Waals surface area contributed by atoms with E-state index >= 15 is 0 Å². The van der Waals surface area contributed by atoms with Crippen LogP contribution in [-0.4, -0.2) is 36.2 Å². The molecule has 2 aromatic carbocycles. The number of carbonyl (C=O) groups excluding carboxylic acids is 3. The Kier molecular flexibility index (Phi) is 5.34. The molecular weight excluding hydrogens is 449 g/mol. The fraction of sp³-hybridized carbons (Fsp3) is 0.292. The maximum atomic E-state index is 13.2. The molecule has 2 aromatic rings. The molecule has 1 fully saturated rings. The Morgan fingerprint density at radius 2 is 1.75 bits per heavy atom. The SMILES string of the molecule is CN1/C(=C\C(=O)CN2C(=O)NC(C)(c3ccc(Cl)cc3Cl)C2=O)C(C)(C)c2ccccc21. The lowest BCUT2D eigenvalue weighted by Crippen LogP contribution is -2.41. The first kappa shape index (κ1) is 22.4. The van der Waals surface area contributed by atoms with E-state index in [9.17, 15) is 14.4 Å². The van der Waals surface area contributed by atoms with E-state index < -0.39 is 17.5 Å². The zero-order valence-electron chi connectivity index (χ0n) is 18.2. The highest BCUT2D eigenvalue weighted by atomic mass is 35.5. The summed E-state index contributed by atoms with van der Waals surface area (Å²) in [4.78, 5) is 41.7. The van der Waals surface area contributed by atoms with Crippen molar-refractivity contribution in [3.63, 3.8) is 0 Å². The Balaban J connectivity index is 1.59. The molecule has 2 heterocycles. The van der Waals surface area contributed by atoms with Gasteiger partial charge in [-0.25, -0.2) is 4.79 Å². The number of carbonyl (C=O) groups is 3. The average molecular weight is 472 g/mol. The molecule has 6 nitrogen and oxygen atoms in total. The lowest BCUT2D eigenvalue weighted by molar-refractivity contribution is -0.133. The number of nitrogens with one attached hydrogen (secondary N) is 1. The summed E-state index contributed by atoms with van der Waals surface area (Å²) in [7, 11) is 1.90. The van der Waals surface area contributed by atoms with E-state index in [0.29, 0.717) is 10.6 Å². The molecular formula is C24H23Cl2N3O3. The van der Waals surface area contributed by atoms with Gasteiger partial charge in [-0.1, -0.05) is 61.3 Å². The van der Waals surface area contributed by atoms with Crippen LogP contribution in [0.25, 0.3) is 0 Å². The molecule has 0 aromatic heterocycles. The quantitative estimate of drug-likeness (QED) is 0.520. The van der Waals surface area contributed by atoms with Crippen LogP contribution in [-0.2, 0) is 20.5 Å². The van der Waals surface area contributed by atoms with Gasteiger partial charge in [0.05, 0.1) is 6.54 Å². The molecule has 32 heavy (non-hydrogen) atoms. The second kappa shape index (κ2) is 7.64. The monoisotopic (exact) mass is 471 g/mol. The maximum Gasteiger partial charge on any atom is 0.325 e. The molecule has 3 amide bonds. The Labute approximate surface area is 196 Å². The minimum absolute atomic E-state index is 0.260. The Morgan fingerprint density at radius 3 is 2.41 bits per heavy atom. The summed E-state index contributed by atoms with van der Waals surface area (Å²) in [6, 6.07) is 12.0. The van der Waals surface area contributed by atoms with Crippen LogP contribution in [0.15, 0.2) is 54.2 Å². The summed E-state index contributed by atoms with van der Waals surface area (Å²) in [5.41, 5.74) is 1.59. The van der Waals surface area contributed by atoms with Gasteiger partial charge in [0.25, 0.3) is 5.91 Å². The maximum absolute atomic E-state index is 13.2. The van der Waals surface area contributed by atoms with Crippen molar-refractivity contribution in [3.05, 3.63) is 75.4 Å². The van der Waals surface area contributed by atoms with E-state index in [4.69, 9.17) is 23.2 Å². The van der Waals surface area contributed by atoms with Gasteiger partial charge in [0.1, 0.15) is 5.54 Å². The summed E-state index contributed by atoms with van der Waals surface area (Å²) >= 11 is 12.2. The van der Waals surface area contributed by atoms with Crippen molar-refractivity contribution in [1.29, 1.82) is 0 Å². The van der Waals surface area contributed by atoms with Crippen molar-refractivity contribution >= 4 is 46.6 Å². The van der Waals surface area contributed by atoms with Crippen LogP contribution in [0.4, 0.5) is 10.5 Å². The second-order valence-corrected chi connectivity index (χ2v) is 9.61. The number of hydrogen-bond acceptors (Lipinski definition) is 4. The first-order valence-corrected chi connectivity index (χ1v) is 10.9. The Morgan fingerprint density at radius 1 is 1.06 bits per heavy atom. The number of imide groups is 1. The number of ketones is 1. The molecule has 2 aliphatic heterocycles. The zero-order valence-corrected chi connectivity index (χ0v) is 19.7. The standard InChI is InChI=1S/C24H23Cl2N3O3/c1-23(2)17-7-5-6-8-19(17)28(4)20(23)12-15(30)13-29-21(31)24(3,27-22(29)32)16-10-9-14(25)11-18(16)26/h5-12H,13H2,1-4H3,(H,27,32)/b20-12-. The minimum Gasteiger partial charge on any atom is -0.347 e. The zero-order chi connectivity index (χ0) is 23.4. The number of urea groups is 1. The number of benzene rings is 2. The van der Waals surface area contributed by atoms with Crippen molar-refractivity contribution in [3.8, 4) is 0 Å². The molecule has 0 radical (unpaired) electrons. The third-order valence-corrected chi connectivity index (χ3v) is 6.84. The van der Waals surface area contributed by atoms with Crippen LogP contribution >= 0.6 is 23.2 Å². The molecule has 8 heteroatoms. The first-order chi connectivity index (χ1) is 15.0. The molecule has 1 saturated heterocycles. The summed E-state index contributed by atoms with van der Waals surface area (Å²) < 4.78 is 0. The van der Waals surface area contributed by atoms with E-state index in [2.05, 4.69) is 5.32 Å². The molecule has 2 aliphatic rings. The van der Waals surface area contributed by atoms with Crippen LogP contribution in [0.5, 0.6) is 0 Å². The van der Waals surface area contributed by atoms with Crippen molar-refractivity contribution < 1.29 is 14.4 Å². The van der Waals surface area contributed by atoms with Crippen molar-refractivity contribution in [2.24, 2.45) is 0 Å². The number of para-hydroxylation sites is 1. The van der Waals surface area contributed by atoms with Gasteiger partial charge in [-0.05, 0) is 30.7 Å². The normalized spacial score (nSPS) is 23.0. The van der Waals surface area contributed by atoms with Gasteiger partial charge < -0.3 is 10.2 Å². The van der Waals surface area contributed by atoms with Crippen LogP contribution in [0.3, 0.4) is 0 Å². The number of halogens is 2. The summed E-state index contributed by atoms with van der Waals surface area (Å²) in [6.45, 7) is 5.29. The molecule has 1 N–H and O–H groups in total. The lowest BCUT2D eigenvalue weighted by atomic mass is 9.83. The molecule has 0 bridgehead atoms. The number of amides is 3. The number of likely N-dealkylation sites (N-methyl/N-ethyl adjacent to an activating group) is 1. The largest absolute Gasteiger partial charge is 0.347 e.